The summed E-state index contributed by atoms with van der Waals surface area (Å²) in [6.07, 6.45) is -4.14. The number of anilines is 2. The summed E-state index contributed by atoms with van der Waals surface area (Å²) < 4.78 is 38.9. The predicted octanol–water partition coefficient (Wildman–Crippen LogP) is 4.49. The van der Waals surface area contributed by atoms with Crippen LogP contribution in [0.3, 0.4) is 0 Å². The number of hydrogen-bond acceptors (Lipinski definition) is 2. The van der Waals surface area contributed by atoms with Crippen LogP contribution in [-0.4, -0.2) is 17.9 Å². The molecule has 0 saturated carbocycles. The molecule has 0 aliphatic carbocycles. The quantitative estimate of drug-likeness (QED) is 0.850. The molecule has 136 valence electrons. The van der Waals surface area contributed by atoms with Gasteiger partial charge in [-0.15, -0.1) is 0 Å². The number of nitrogens with zero attached hydrogens (tertiary/aromatic N) is 1. The summed E-state index contributed by atoms with van der Waals surface area (Å²) in [5.74, 6) is -0.751. The summed E-state index contributed by atoms with van der Waals surface area (Å²) in [4.78, 5) is 26.1. The minimum atomic E-state index is -4.63. The monoisotopic (exact) mass is 382 g/mol. The van der Waals surface area contributed by atoms with Crippen LogP contribution in [0, 0.1) is 0 Å². The fourth-order valence-corrected chi connectivity index (χ4v) is 3.11. The molecule has 26 heavy (non-hydrogen) atoms. The van der Waals surface area contributed by atoms with Crippen molar-refractivity contribution >= 4 is 34.8 Å². The average molecular weight is 383 g/mol. The molecule has 0 spiro atoms. The zero-order valence-electron chi connectivity index (χ0n) is 13.4. The van der Waals surface area contributed by atoms with Gasteiger partial charge < -0.3 is 5.32 Å². The molecule has 8 heteroatoms. The molecule has 2 amide bonds. The van der Waals surface area contributed by atoms with Crippen LogP contribution in [0.1, 0.15) is 18.4 Å². The van der Waals surface area contributed by atoms with Gasteiger partial charge in [-0.2, -0.15) is 13.2 Å². The highest BCUT2D eigenvalue weighted by atomic mass is 35.5. The first kappa shape index (κ1) is 18.3. The van der Waals surface area contributed by atoms with Crippen molar-refractivity contribution in [2.45, 2.75) is 25.1 Å². The summed E-state index contributed by atoms with van der Waals surface area (Å²) >= 11 is 5.58. The molecule has 1 fully saturated rings. The fraction of sp³-hybridized carbons (Fsp3) is 0.222. The van der Waals surface area contributed by atoms with E-state index in [1.807, 2.05) is 0 Å². The summed E-state index contributed by atoms with van der Waals surface area (Å²) in [6, 6.07) is 11.0. The lowest BCUT2D eigenvalue weighted by Crippen LogP contribution is -2.41. The Bertz CT molecular complexity index is 840. The number of benzene rings is 2. The first-order valence-corrected chi connectivity index (χ1v) is 8.20. The zero-order chi connectivity index (χ0) is 18.9. The van der Waals surface area contributed by atoms with Gasteiger partial charge in [0.05, 0.1) is 10.6 Å². The van der Waals surface area contributed by atoms with Gasteiger partial charge in [-0.05, 0) is 36.8 Å². The number of halogens is 4. The molecular weight excluding hydrogens is 369 g/mol. The highest BCUT2D eigenvalue weighted by molar-refractivity contribution is 6.31. The van der Waals surface area contributed by atoms with Gasteiger partial charge in [-0.25, -0.2) is 0 Å². The maximum absolute atomic E-state index is 13.0. The Labute approximate surface area is 152 Å². The fourth-order valence-electron chi connectivity index (χ4n) is 2.89. The van der Waals surface area contributed by atoms with Crippen LogP contribution in [0.4, 0.5) is 24.5 Å². The Balaban J connectivity index is 1.83. The first-order chi connectivity index (χ1) is 12.3. The molecule has 1 atom stereocenters. The van der Waals surface area contributed by atoms with Gasteiger partial charge in [-0.1, -0.05) is 29.8 Å². The van der Waals surface area contributed by atoms with Crippen molar-refractivity contribution in [3.05, 3.63) is 59.1 Å². The molecular formula is C18H14ClF3N2O2. The van der Waals surface area contributed by atoms with Crippen LogP contribution >= 0.6 is 11.6 Å². The van der Waals surface area contributed by atoms with E-state index in [1.54, 1.807) is 30.3 Å². The molecule has 2 aromatic carbocycles. The molecule has 1 saturated heterocycles. The van der Waals surface area contributed by atoms with Gasteiger partial charge in [-0.3, -0.25) is 14.5 Å². The SMILES string of the molecule is O=C(Nc1ccc(Cl)c(C(F)(F)F)c1)C1CCC(=O)N1c1ccccc1. The number of para-hydroxylation sites is 1. The molecule has 4 nitrogen and oxygen atoms in total. The predicted molar refractivity (Wildman–Crippen MR) is 92.0 cm³/mol. The van der Waals surface area contributed by atoms with Gasteiger partial charge in [0.2, 0.25) is 11.8 Å². The number of nitrogens with one attached hydrogen (secondary N) is 1. The Morgan fingerprint density at radius 2 is 1.85 bits per heavy atom. The Kier molecular flexibility index (Phi) is 4.91. The Morgan fingerprint density at radius 3 is 2.50 bits per heavy atom. The van der Waals surface area contributed by atoms with Gasteiger partial charge in [0, 0.05) is 17.8 Å². The molecule has 0 aromatic heterocycles. The van der Waals surface area contributed by atoms with Crippen molar-refractivity contribution in [3.63, 3.8) is 0 Å². The smallest absolute Gasteiger partial charge is 0.324 e. The van der Waals surface area contributed by atoms with E-state index in [4.69, 9.17) is 11.6 Å². The van der Waals surface area contributed by atoms with Gasteiger partial charge in [0.25, 0.3) is 0 Å². The lowest BCUT2D eigenvalue weighted by atomic mass is 10.1. The van der Waals surface area contributed by atoms with Crippen LogP contribution in [0.2, 0.25) is 5.02 Å². The van der Waals surface area contributed by atoms with E-state index in [2.05, 4.69) is 5.32 Å². The molecule has 3 rings (SSSR count). The van der Waals surface area contributed by atoms with Crippen LogP contribution in [0.25, 0.3) is 0 Å². The van der Waals surface area contributed by atoms with Crippen LogP contribution in [-0.2, 0) is 15.8 Å². The number of alkyl halides is 3. The van der Waals surface area contributed by atoms with E-state index < -0.39 is 28.7 Å². The number of hydrogen-bond donors (Lipinski definition) is 1. The molecule has 1 aliphatic rings. The number of amides is 2. The third kappa shape index (κ3) is 3.67. The van der Waals surface area contributed by atoms with Crippen molar-refractivity contribution in [2.75, 3.05) is 10.2 Å². The molecule has 1 aliphatic heterocycles. The zero-order valence-corrected chi connectivity index (χ0v) is 14.1. The second-order valence-electron chi connectivity index (χ2n) is 5.84. The Hall–Kier alpha value is -2.54. The minimum absolute atomic E-state index is 0.0286. The molecule has 2 aromatic rings. The largest absolute Gasteiger partial charge is 0.417 e. The summed E-state index contributed by atoms with van der Waals surface area (Å²) in [7, 11) is 0. The third-order valence-corrected chi connectivity index (χ3v) is 4.42. The van der Waals surface area contributed by atoms with Crippen molar-refractivity contribution in [2.24, 2.45) is 0 Å². The van der Waals surface area contributed by atoms with Gasteiger partial charge in [0.15, 0.2) is 0 Å². The van der Waals surface area contributed by atoms with Gasteiger partial charge in [0.1, 0.15) is 6.04 Å². The van der Waals surface area contributed by atoms with Crippen molar-refractivity contribution in [1.29, 1.82) is 0 Å². The second kappa shape index (κ2) is 6.99. The van der Waals surface area contributed by atoms with Crippen LogP contribution in [0.15, 0.2) is 48.5 Å². The lowest BCUT2D eigenvalue weighted by Gasteiger charge is -2.24. The van der Waals surface area contributed by atoms with E-state index in [0.717, 1.165) is 12.1 Å². The maximum Gasteiger partial charge on any atom is 0.417 e. The third-order valence-electron chi connectivity index (χ3n) is 4.09. The summed E-state index contributed by atoms with van der Waals surface area (Å²) in [5.41, 5.74) is -0.485. The van der Waals surface area contributed by atoms with E-state index in [-0.39, 0.29) is 18.0 Å². The van der Waals surface area contributed by atoms with Gasteiger partial charge >= 0.3 is 6.18 Å². The van der Waals surface area contributed by atoms with Crippen LogP contribution < -0.4 is 10.2 Å². The highest BCUT2D eigenvalue weighted by Gasteiger charge is 2.38. The standard InChI is InChI=1S/C18H14ClF3N2O2/c19-14-7-6-11(10-13(14)18(20,21)22)23-17(26)15-8-9-16(25)24(15)12-4-2-1-3-5-12/h1-7,10,15H,8-9H2,(H,23,26). The first-order valence-electron chi connectivity index (χ1n) is 7.82. The summed E-state index contributed by atoms with van der Waals surface area (Å²) in [6.45, 7) is 0. The second-order valence-corrected chi connectivity index (χ2v) is 6.24. The van der Waals surface area contributed by atoms with Crippen molar-refractivity contribution < 1.29 is 22.8 Å². The number of carbonyl (C=O) groups is 2. The molecule has 0 bridgehead atoms. The normalized spacial score (nSPS) is 17.5. The summed E-state index contributed by atoms with van der Waals surface area (Å²) in [5, 5.41) is 2.01. The van der Waals surface area contributed by atoms with E-state index in [1.165, 1.54) is 11.0 Å². The lowest BCUT2D eigenvalue weighted by molar-refractivity contribution is -0.137. The molecule has 1 unspecified atom stereocenters. The highest BCUT2D eigenvalue weighted by Crippen LogP contribution is 2.36. The van der Waals surface area contributed by atoms with E-state index >= 15 is 0 Å². The average Bonchev–Trinajstić information content (AvgIpc) is 2.98. The Morgan fingerprint density at radius 1 is 1.15 bits per heavy atom. The van der Waals surface area contributed by atoms with Crippen LogP contribution in [0.5, 0.6) is 0 Å². The molecule has 1 N–H and O–H groups in total. The topological polar surface area (TPSA) is 49.4 Å². The molecule has 1 heterocycles. The minimum Gasteiger partial charge on any atom is -0.324 e. The van der Waals surface area contributed by atoms with Crippen molar-refractivity contribution in [1.82, 2.24) is 0 Å². The van der Waals surface area contributed by atoms with E-state index in [9.17, 15) is 22.8 Å². The van der Waals surface area contributed by atoms with E-state index in [0.29, 0.717) is 12.1 Å². The maximum atomic E-state index is 13.0. The number of rotatable bonds is 3. The van der Waals surface area contributed by atoms with Crippen molar-refractivity contribution in [3.8, 4) is 0 Å². The number of carbonyl (C=O) groups excluding carboxylic acids is 2. The molecule has 0 radical (unpaired) electrons.